The molecule has 0 bridgehead atoms. The van der Waals surface area contributed by atoms with E-state index in [1.807, 2.05) is 13.8 Å². The molecule has 3 N–H and O–H groups in total. The summed E-state index contributed by atoms with van der Waals surface area (Å²) in [6.45, 7) is 4.02. The van der Waals surface area contributed by atoms with E-state index in [4.69, 9.17) is 10.5 Å². The molecule has 0 saturated carbocycles. The Balaban J connectivity index is 2.66. The smallest absolute Gasteiger partial charge is 0.219 e. The Morgan fingerprint density at radius 2 is 2.17 bits per heavy atom. The number of primary amides is 1. The van der Waals surface area contributed by atoms with Gasteiger partial charge in [0.15, 0.2) is 0 Å². The number of halogens is 1. The first-order chi connectivity index (χ1) is 8.34. The first kappa shape index (κ1) is 14.4. The zero-order chi connectivity index (χ0) is 13.8. The van der Waals surface area contributed by atoms with Gasteiger partial charge in [-0.15, -0.1) is 0 Å². The predicted molar refractivity (Wildman–Crippen MR) is 67.7 cm³/mol. The van der Waals surface area contributed by atoms with Crippen molar-refractivity contribution in [2.45, 2.75) is 32.4 Å². The van der Waals surface area contributed by atoms with Crippen LogP contribution in [0.1, 0.15) is 25.8 Å². The number of nitrogens with one attached hydrogen (secondary N) is 1. The molecule has 0 aromatic heterocycles. The van der Waals surface area contributed by atoms with Gasteiger partial charge in [-0.1, -0.05) is 6.07 Å². The van der Waals surface area contributed by atoms with Crippen molar-refractivity contribution >= 4 is 5.91 Å². The number of carbonyl (C=O) groups excluding carboxylic acids is 1. The minimum absolute atomic E-state index is 0.199. The molecule has 4 nitrogen and oxygen atoms in total. The minimum atomic E-state index is -0.460. The van der Waals surface area contributed by atoms with Gasteiger partial charge in [0.25, 0.3) is 0 Å². The van der Waals surface area contributed by atoms with Crippen LogP contribution in [0.25, 0.3) is 0 Å². The molecule has 0 radical (unpaired) electrons. The number of hydrogen-bond donors (Lipinski definition) is 2. The first-order valence-electron chi connectivity index (χ1n) is 5.70. The fourth-order valence-corrected chi connectivity index (χ4v) is 1.63. The van der Waals surface area contributed by atoms with Crippen molar-refractivity contribution in [2.75, 3.05) is 7.11 Å². The lowest BCUT2D eigenvalue weighted by Gasteiger charge is -2.25. The molecule has 1 aromatic rings. The van der Waals surface area contributed by atoms with Crippen LogP contribution < -0.4 is 15.8 Å². The normalized spacial score (nSPS) is 11.3. The van der Waals surface area contributed by atoms with E-state index in [1.165, 1.54) is 13.2 Å². The number of carbonyl (C=O) groups is 1. The molecule has 5 heteroatoms. The SMILES string of the molecule is COc1ccc(CNC(C)(C)CC(N)=O)c(F)c1. The first-order valence-corrected chi connectivity index (χ1v) is 5.70. The van der Waals surface area contributed by atoms with E-state index in [0.29, 0.717) is 17.9 Å². The van der Waals surface area contributed by atoms with Crippen molar-refractivity contribution in [3.8, 4) is 5.75 Å². The molecule has 0 atom stereocenters. The van der Waals surface area contributed by atoms with Crippen molar-refractivity contribution in [3.05, 3.63) is 29.6 Å². The van der Waals surface area contributed by atoms with Gasteiger partial charge in [0.2, 0.25) is 5.91 Å². The lowest BCUT2D eigenvalue weighted by Crippen LogP contribution is -2.42. The van der Waals surface area contributed by atoms with Crippen LogP contribution in [-0.2, 0) is 11.3 Å². The Kier molecular flexibility index (Phi) is 4.67. The highest BCUT2D eigenvalue weighted by Gasteiger charge is 2.20. The summed E-state index contributed by atoms with van der Waals surface area (Å²) in [5.74, 6) is -0.243. The standard InChI is InChI=1S/C13H19FN2O2/c1-13(2,7-12(15)17)16-8-9-4-5-10(18-3)6-11(9)14/h4-6,16H,7-8H2,1-3H3,(H2,15,17). The maximum Gasteiger partial charge on any atom is 0.219 e. The van der Waals surface area contributed by atoms with E-state index in [1.54, 1.807) is 12.1 Å². The van der Waals surface area contributed by atoms with Crippen LogP contribution in [0.5, 0.6) is 5.75 Å². The van der Waals surface area contributed by atoms with E-state index in [9.17, 15) is 9.18 Å². The Bertz CT molecular complexity index is 433. The van der Waals surface area contributed by atoms with Crippen molar-refractivity contribution in [1.29, 1.82) is 0 Å². The Morgan fingerprint density at radius 1 is 1.50 bits per heavy atom. The highest BCUT2D eigenvalue weighted by molar-refractivity contribution is 5.74. The molecule has 1 rings (SSSR count). The van der Waals surface area contributed by atoms with Crippen LogP contribution in [0.2, 0.25) is 0 Å². The van der Waals surface area contributed by atoms with Crippen molar-refractivity contribution in [1.82, 2.24) is 5.32 Å². The van der Waals surface area contributed by atoms with E-state index >= 15 is 0 Å². The zero-order valence-corrected chi connectivity index (χ0v) is 10.9. The summed E-state index contributed by atoms with van der Waals surface area (Å²) >= 11 is 0. The highest BCUT2D eigenvalue weighted by atomic mass is 19.1. The number of benzene rings is 1. The number of methoxy groups -OCH3 is 1. The molecule has 0 aliphatic rings. The molecule has 1 amide bonds. The summed E-state index contributed by atoms with van der Waals surface area (Å²) in [5.41, 5.74) is 5.21. The quantitative estimate of drug-likeness (QED) is 0.810. The molecular formula is C13H19FN2O2. The predicted octanol–water partition coefficient (Wildman–Crippen LogP) is 1.58. The summed E-state index contributed by atoms with van der Waals surface area (Å²) in [4.78, 5) is 10.9. The minimum Gasteiger partial charge on any atom is -0.497 e. The molecule has 0 fully saturated rings. The largest absolute Gasteiger partial charge is 0.497 e. The zero-order valence-electron chi connectivity index (χ0n) is 10.9. The third-order valence-electron chi connectivity index (χ3n) is 2.63. The summed E-state index contributed by atoms with van der Waals surface area (Å²) in [7, 11) is 1.49. The second-order valence-electron chi connectivity index (χ2n) is 4.84. The maximum absolute atomic E-state index is 13.7. The average molecular weight is 254 g/mol. The summed E-state index contributed by atoms with van der Waals surface area (Å²) in [6.07, 6.45) is 0.199. The monoisotopic (exact) mass is 254 g/mol. The number of nitrogens with two attached hydrogens (primary N) is 1. The Labute approximate surface area is 106 Å². The second-order valence-corrected chi connectivity index (χ2v) is 4.84. The van der Waals surface area contributed by atoms with Crippen LogP contribution in [0.15, 0.2) is 18.2 Å². The molecular weight excluding hydrogens is 235 g/mol. The van der Waals surface area contributed by atoms with Crippen molar-refractivity contribution in [2.24, 2.45) is 5.73 Å². The second kappa shape index (κ2) is 5.82. The summed E-state index contributed by atoms with van der Waals surface area (Å²) < 4.78 is 18.6. The number of ether oxygens (including phenoxy) is 1. The molecule has 0 aliphatic heterocycles. The lowest BCUT2D eigenvalue weighted by molar-refractivity contribution is -0.119. The van der Waals surface area contributed by atoms with Gasteiger partial charge in [0.1, 0.15) is 11.6 Å². The molecule has 0 saturated heterocycles. The Hall–Kier alpha value is -1.62. The number of amides is 1. The molecule has 0 spiro atoms. The Morgan fingerprint density at radius 3 is 2.67 bits per heavy atom. The third-order valence-corrected chi connectivity index (χ3v) is 2.63. The molecule has 1 aromatic carbocycles. The van der Waals surface area contributed by atoms with E-state index in [-0.39, 0.29) is 18.1 Å². The fraction of sp³-hybridized carbons (Fsp3) is 0.462. The van der Waals surface area contributed by atoms with Gasteiger partial charge in [-0.3, -0.25) is 4.79 Å². The molecule has 0 unspecified atom stereocenters. The fourth-order valence-electron chi connectivity index (χ4n) is 1.63. The maximum atomic E-state index is 13.7. The lowest BCUT2D eigenvalue weighted by atomic mass is 10.00. The molecule has 0 heterocycles. The van der Waals surface area contributed by atoms with Gasteiger partial charge >= 0.3 is 0 Å². The topological polar surface area (TPSA) is 64.3 Å². The molecule has 100 valence electrons. The highest BCUT2D eigenvalue weighted by Crippen LogP contribution is 2.17. The van der Waals surface area contributed by atoms with Crippen LogP contribution in [0.4, 0.5) is 4.39 Å². The van der Waals surface area contributed by atoms with E-state index in [2.05, 4.69) is 5.32 Å². The van der Waals surface area contributed by atoms with Crippen LogP contribution in [0.3, 0.4) is 0 Å². The van der Waals surface area contributed by atoms with Gasteiger partial charge in [0, 0.05) is 30.1 Å². The van der Waals surface area contributed by atoms with Crippen molar-refractivity contribution in [3.63, 3.8) is 0 Å². The summed E-state index contributed by atoms with van der Waals surface area (Å²) in [5, 5.41) is 3.10. The van der Waals surface area contributed by atoms with Gasteiger partial charge in [-0.2, -0.15) is 0 Å². The van der Waals surface area contributed by atoms with Crippen LogP contribution in [0, 0.1) is 5.82 Å². The van der Waals surface area contributed by atoms with Gasteiger partial charge in [-0.25, -0.2) is 4.39 Å². The van der Waals surface area contributed by atoms with Crippen LogP contribution in [-0.4, -0.2) is 18.6 Å². The molecule has 0 aliphatic carbocycles. The average Bonchev–Trinajstić information content (AvgIpc) is 2.25. The van der Waals surface area contributed by atoms with Gasteiger partial charge in [0.05, 0.1) is 7.11 Å². The number of rotatable bonds is 6. The summed E-state index contributed by atoms with van der Waals surface area (Å²) in [6, 6.07) is 4.68. The van der Waals surface area contributed by atoms with Crippen molar-refractivity contribution < 1.29 is 13.9 Å². The number of hydrogen-bond acceptors (Lipinski definition) is 3. The van der Waals surface area contributed by atoms with E-state index < -0.39 is 5.54 Å². The van der Waals surface area contributed by atoms with Gasteiger partial charge in [-0.05, 0) is 19.9 Å². The third kappa shape index (κ3) is 4.33. The van der Waals surface area contributed by atoms with Gasteiger partial charge < -0.3 is 15.8 Å². The van der Waals surface area contributed by atoms with Crippen LogP contribution >= 0.6 is 0 Å². The van der Waals surface area contributed by atoms with E-state index in [0.717, 1.165) is 0 Å². The molecule has 18 heavy (non-hydrogen) atoms.